The number of aryl methyl sites for hydroxylation is 1. The highest BCUT2D eigenvalue weighted by atomic mass is 15.1. The first-order valence-corrected chi connectivity index (χ1v) is 6.34. The number of hydrogen-bond acceptors (Lipinski definition) is 5. The van der Waals surface area contributed by atoms with E-state index in [0.29, 0.717) is 11.6 Å². The van der Waals surface area contributed by atoms with Gasteiger partial charge >= 0.3 is 0 Å². The summed E-state index contributed by atoms with van der Waals surface area (Å²) in [5, 5.41) is 3.27. The summed E-state index contributed by atoms with van der Waals surface area (Å²) in [5.74, 6) is 1.18. The van der Waals surface area contributed by atoms with Crippen molar-refractivity contribution in [3.8, 4) is 0 Å². The zero-order valence-corrected chi connectivity index (χ0v) is 11.2. The molecule has 0 aliphatic heterocycles. The largest absolute Gasteiger partial charge is 0.383 e. The van der Waals surface area contributed by atoms with E-state index in [0.717, 1.165) is 6.42 Å². The maximum absolute atomic E-state index is 5.64. The maximum Gasteiger partial charge on any atom is 0.223 e. The summed E-state index contributed by atoms with van der Waals surface area (Å²) >= 11 is 0. The molecule has 0 bridgehead atoms. The smallest absolute Gasteiger partial charge is 0.223 e. The number of rotatable bonds is 4. The standard InChI is InChI=1S/C14H19N5/c1-3-10-4-6-11(7-5-10)9(2)17-13-8-12(15)18-14(16)19-13/h4-9H,3H2,1-2H3,(H5,15,16,17,18,19). The van der Waals surface area contributed by atoms with Gasteiger partial charge in [-0.15, -0.1) is 0 Å². The Hall–Kier alpha value is -2.30. The van der Waals surface area contributed by atoms with Gasteiger partial charge in [0.25, 0.3) is 0 Å². The Labute approximate surface area is 113 Å². The van der Waals surface area contributed by atoms with Gasteiger partial charge in [-0.3, -0.25) is 0 Å². The molecule has 1 aromatic carbocycles. The summed E-state index contributed by atoms with van der Waals surface area (Å²) in [4.78, 5) is 7.95. The summed E-state index contributed by atoms with van der Waals surface area (Å²) in [6.07, 6.45) is 1.04. The molecule has 1 aromatic heterocycles. The molecule has 0 saturated heterocycles. The fourth-order valence-corrected chi connectivity index (χ4v) is 1.91. The third-order valence-corrected chi connectivity index (χ3v) is 3.02. The second kappa shape index (κ2) is 5.56. The number of nitrogens with one attached hydrogen (secondary N) is 1. The van der Waals surface area contributed by atoms with Gasteiger partial charge in [-0.2, -0.15) is 9.97 Å². The SMILES string of the molecule is CCc1ccc(C(C)Nc2cc(N)nc(N)n2)cc1. The van der Waals surface area contributed by atoms with Crippen LogP contribution < -0.4 is 16.8 Å². The summed E-state index contributed by atoms with van der Waals surface area (Å²) in [6, 6.07) is 10.3. The summed E-state index contributed by atoms with van der Waals surface area (Å²) in [7, 11) is 0. The van der Waals surface area contributed by atoms with E-state index in [2.05, 4.69) is 53.4 Å². The Bertz CT molecular complexity index is 530. The number of nitrogen functional groups attached to an aromatic ring is 2. The van der Waals surface area contributed by atoms with E-state index in [-0.39, 0.29) is 12.0 Å². The van der Waals surface area contributed by atoms with E-state index in [1.54, 1.807) is 6.07 Å². The van der Waals surface area contributed by atoms with Gasteiger partial charge in [-0.25, -0.2) is 0 Å². The lowest BCUT2D eigenvalue weighted by molar-refractivity contribution is 0.872. The molecule has 0 fully saturated rings. The second-order valence-electron chi connectivity index (χ2n) is 4.50. The van der Waals surface area contributed by atoms with E-state index >= 15 is 0 Å². The fraction of sp³-hybridized carbons (Fsp3) is 0.286. The molecule has 2 aromatic rings. The number of nitrogens with zero attached hydrogens (tertiary/aromatic N) is 2. The fourth-order valence-electron chi connectivity index (χ4n) is 1.91. The average Bonchev–Trinajstić information content (AvgIpc) is 2.37. The molecule has 5 N–H and O–H groups in total. The zero-order chi connectivity index (χ0) is 13.8. The quantitative estimate of drug-likeness (QED) is 0.782. The van der Waals surface area contributed by atoms with Crippen LogP contribution in [0.25, 0.3) is 0 Å². The molecular weight excluding hydrogens is 238 g/mol. The molecule has 100 valence electrons. The van der Waals surface area contributed by atoms with E-state index < -0.39 is 0 Å². The molecule has 0 saturated carbocycles. The van der Waals surface area contributed by atoms with Gasteiger partial charge in [0.1, 0.15) is 11.6 Å². The highest BCUT2D eigenvalue weighted by molar-refractivity contribution is 5.49. The van der Waals surface area contributed by atoms with E-state index in [1.807, 2.05) is 0 Å². The molecule has 0 aliphatic rings. The van der Waals surface area contributed by atoms with Crippen LogP contribution in [0.4, 0.5) is 17.6 Å². The average molecular weight is 257 g/mol. The Balaban J connectivity index is 2.13. The zero-order valence-electron chi connectivity index (χ0n) is 11.2. The van der Waals surface area contributed by atoms with Crippen LogP contribution in [0, 0.1) is 0 Å². The molecule has 19 heavy (non-hydrogen) atoms. The molecule has 2 rings (SSSR count). The van der Waals surface area contributed by atoms with Crippen molar-refractivity contribution in [3.63, 3.8) is 0 Å². The van der Waals surface area contributed by atoms with Crippen molar-refractivity contribution in [1.82, 2.24) is 9.97 Å². The van der Waals surface area contributed by atoms with Crippen LogP contribution in [0.2, 0.25) is 0 Å². The molecule has 0 aliphatic carbocycles. The predicted octanol–water partition coefficient (Wildman–Crippen LogP) is 2.38. The van der Waals surface area contributed by atoms with Crippen molar-refractivity contribution in [1.29, 1.82) is 0 Å². The van der Waals surface area contributed by atoms with Crippen molar-refractivity contribution < 1.29 is 0 Å². The Morgan fingerprint density at radius 3 is 2.42 bits per heavy atom. The number of benzene rings is 1. The van der Waals surface area contributed by atoms with Crippen molar-refractivity contribution in [2.45, 2.75) is 26.3 Å². The van der Waals surface area contributed by atoms with Crippen LogP contribution >= 0.6 is 0 Å². The molecule has 5 nitrogen and oxygen atoms in total. The van der Waals surface area contributed by atoms with Crippen molar-refractivity contribution in [2.75, 3.05) is 16.8 Å². The van der Waals surface area contributed by atoms with Gasteiger partial charge in [0.15, 0.2) is 0 Å². The first-order valence-electron chi connectivity index (χ1n) is 6.34. The first-order chi connectivity index (χ1) is 9.08. The minimum absolute atomic E-state index is 0.125. The lowest BCUT2D eigenvalue weighted by Gasteiger charge is -2.15. The topological polar surface area (TPSA) is 89.8 Å². The van der Waals surface area contributed by atoms with E-state index in [9.17, 15) is 0 Å². The van der Waals surface area contributed by atoms with Gasteiger partial charge in [0.2, 0.25) is 5.95 Å². The molecule has 1 heterocycles. The van der Waals surface area contributed by atoms with Crippen LogP contribution in [0.5, 0.6) is 0 Å². The summed E-state index contributed by atoms with van der Waals surface area (Å²) in [5.41, 5.74) is 13.7. The molecule has 0 radical (unpaired) electrons. The maximum atomic E-state index is 5.64. The minimum Gasteiger partial charge on any atom is -0.383 e. The number of nitrogens with two attached hydrogens (primary N) is 2. The summed E-state index contributed by atoms with van der Waals surface area (Å²) < 4.78 is 0. The molecular formula is C14H19N5. The van der Waals surface area contributed by atoms with Crippen molar-refractivity contribution in [2.24, 2.45) is 0 Å². The van der Waals surface area contributed by atoms with Crippen LogP contribution in [-0.4, -0.2) is 9.97 Å². The monoisotopic (exact) mass is 257 g/mol. The number of hydrogen-bond donors (Lipinski definition) is 3. The lowest BCUT2D eigenvalue weighted by atomic mass is 10.1. The van der Waals surface area contributed by atoms with Crippen LogP contribution in [0.3, 0.4) is 0 Å². The lowest BCUT2D eigenvalue weighted by Crippen LogP contribution is -2.10. The second-order valence-corrected chi connectivity index (χ2v) is 4.50. The summed E-state index contributed by atoms with van der Waals surface area (Å²) in [6.45, 7) is 4.21. The molecule has 0 amide bonds. The molecule has 1 unspecified atom stereocenters. The highest BCUT2D eigenvalue weighted by Gasteiger charge is 2.07. The van der Waals surface area contributed by atoms with Gasteiger partial charge in [-0.05, 0) is 24.5 Å². The Morgan fingerprint density at radius 1 is 1.16 bits per heavy atom. The molecule has 5 heteroatoms. The molecule has 0 spiro atoms. The third-order valence-electron chi connectivity index (χ3n) is 3.02. The first kappa shape index (κ1) is 13.1. The molecule has 1 atom stereocenters. The predicted molar refractivity (Wildman–Crippen MR) is 78.7 cm³/mol. The van der Waals surface area contributed by atoms with Gasteiger partial charge in [0.05, 0.1) is 0 Å². The van der Waals surface area contributed by atoms with E-state index in [1.165, 1.54) is 11.1 Å². The van der Waals surface area contributed by atoms with Crippen molar-refractivity contribution >= 4 is 17.6 Å². The van der Waals surface area contributed by atoms with Crippen molar-refractivity contribution in [3.05, 3.63) is 41.5 Å². The Morgan fingerprint density at radius 2 is 1.84 bits per heavy atom. The van der Waals surface area contributed by atoms with Crippen LogP contribution in [0.15, 0.2) is 30.3 Å². The van der Waals surface area contributed by atoms with E-state index in [4.69, 9.17) is 11.5 Å². The minimum atomic E-state index is 0.125. The number of anilines is 3. The highest BCUT2D eigenvalue weighted by Crippen LogP contribution is 2.19. The van der Waals surface area contributed by atoms with Crippen LogP contribution in [-0.2, 0) is 6.42 Å². The van der Waals surface area contributed by atoms with Gasteiger partial charge in [0, 0.05) is 12.1 Å². The van der Waals surface area contributed by atoms with Gasteiger partial charge in [-0.1, -0.05) is 31.2 Å². The third kappa shape index (κ3) is 3.34. The number of aromatic nitrogens is 2. The van der Waals surface area contributed by atoms with Crippen LogP contribution in [0.1, 0.15) is 31.0 Å². The normalized spacial score (nSPS) is 12.1. The van der Waals surface area contributed by atoms with Gasteiger partial charge < -0.3 is 16.8 Å². The Kier molecular flexibility index (Phi) is 3.85.